The Morgan fingerprint density at radius 2 is 1.43 bits per heavy atom. The zero-order valence-electron chi connectivity index (χ0n) is 24.3. The lowest BCUT2D eigenvalue weighted by molar-refractivity contribution is -0.139. The first-order chi connectivity index (χ1) is 18.9. The summed E-state index contributed by atoms with van der Waals surface area (Å²) in [7, 11) is -4.08. The molecule has 0 spiro atoms. The van der Waals surface area contributed by atoms with E-state index < -0.39 is 28.5 Å². The summed E-state index contributed by atoms with van der Waals surface area (Å²) in [6.07, 6.45) is 0. The van der Waals surface area contributed by atoms with Crippen molar-refractivity contribution >= 4 is 27.5 Å². The van der Waals surface area contributed by atoms with E-state index in [-0.39, 0.29) is 29.2 Å². The van der Waals surface area contributed by atoms with Crippen LogP contribution >= 0.6 is 0 Å². The van der Waals surface area contributed by atoms with E-state index in [0.717, 1.165) is 21.0 Å². The fourth-order valence-corrected chi connectivity index (χ4v) is 5.72. The Labute approximate surface area is 239 Å². The third-order valence-electron chi connectivity index (χ3n) is 6.91. The Bertz CT molecular complexity index is 1390. The van der Waals surface area contributed by atoms with Gasteiger partial charge < -0.3 is 10.2 Å². The largest absolute Gasteiger partial charge is 0.354 e. The molecule has 7 nitrogen and oxygen atoms in total. The molecule has 3 rings (SSSR count). The van der Waals surface area contributed by atoms with Crippen molar-refractivity contribution in [2.75, 3.05) is 17.4 Å². The fourth-order valence-electron chi connectivity index (χ4n) is 4.28. The molecule has 3 aromatic carbocycles. The van der Waals surface area contributed by atoms with E-state index in [1.54, 1.807) is 37.3 Å². The lowest BCUT2D eigenvalue weighted by Crippen LogP contribution is -2.51. The first-order valence-corrected chi connectivity index (χ1v) is 15.1. The Balaban J connectivity index is 2.02. The SMILES string of the molecule is Cc1ccccc1CN(C(=O)CN(c1ccc(C(C)C)cc1)S(=O)(=O)c1ccccc1)[C@H](C)C(=O)NCC(C)C. The van der Waals surface area contributed by atoms with Crippen LogP contribution in [-0.4, -0.2) is 44.3 Å². The lowest BCUT2D eigenvalue weighted by atomic mass is 10.0. The van der Waals surface area contributed by atoms with Crippen LogP contribution in [0, 0.1) is 12.8 Å². The molecule has 0 heterocycles. The van der Waals surface area contributed by atoms with Crippen LogP contribution in [0.3, 0.4) is 0 Å². The number of amides is 2. The van der Waals surface area contributed by atoms with E-state index >= 15 is 0 Å². The molecule has 1 N–H and O–H groups in total. The average Bonchev–Trinajstić information content (AvgIpc) is 2.94. The van der Waals surface area contributed by atoms with Gasteiger partial charge in [-0.2, -0.15) is 0 Å². The number of rotatable bonds is 12. The molecule has 40 heavy (non-hydrogen) atoms. The van der Waals surface area contributed by atoms with Crippen molar-refractivity contribution in [1.29, 1.82) is 0 Å². The molecule has 0 aliphatic rings. The number of nitrogens with one attached hydrogen (secondary N) is 1. The van der Waals surface area contributed by atoms with Gasteiger partial charge >= 0.3 is 0 Å². The summed E-state index contributed by atoms with van der Waals surface area (Å²) >= 11 is 0. The monoisotopic (exact) mass is 563 g/mol. The minimum absolute atomic E-state index is 0.0870. The summed E-state index contributed by atoms with van der Waals surface area (Å²) in [5.74, 6) is -0.237. The highest BCUT2D eigenvalue weighted by Gasteiger charge is 2.32. The highest BCUT2D eigenvalue weighted by molar-refractivity contribution is 7.92. The van der Waals surface area contributed by atoms with Crippen molar-refractivity contribution in [3.63, 3.8) is 0 Å². The summed E-state index contributed by atoms with van der Waals surface area (Å²) in [6.45, 7) is 11.9. The van der Waals surface area contributed by atoms with Crippen LogP contribution in [0.25, 0.3) is 0 Å². The Morgan fingerprint density at radius 3 is 2.00 bits per heavy atom. The third kappa shape index (κ3) is 7.72. The quantitative estimate of drug-likeness (QED) is 0.315. The molecule has 0 aliphatic carbocycles. The van der Waals surface area contributed by atoms with Gasteiger partial charge in [-0.25, -0.2) is 8.42 Å². The minimum Gasteiger partial charge on any atom is -0.354 e. The van der Waals surface area contributed by atoms with Crippen molar-refractivity contribution in [2.24, 2.45) is 5.92 Å². The number of benzene rings is 3. The normalized spacial score (nSPS) is 12.3. The van der Waals surface area contributed by atoms with Gasteiger partial charge in [0.25, 0.3) is 10.0 Å². The number of carbonyl (C=O) groups excluding carboxylic acids is 2. The van der Waals surface area contributed by atoms with Gasteiger partial charge in [-0.1, -0.05) is 82.3 Å². The minimum atomic E-state index is -4.08. The third-order valence-corrected chi connectivity index (χ3v) is 8.70. The van der Waals surface area contributed by atoms with Gasteiger partial charge in [0.15, 0.2) is 0 Å². The van der Waals surface area contributed by atoms with Crippen LogP contribution in [0.2, 0.25) is 0 Å². The fraction of sp³-hybridized carbons (Fsp3) is 0.375. The van der Waals surface area contributed by atoms with Gasteiger partial charge in [-0.3, -0.25) is 13.9 Å². The van der Waals surface area contributed by atoms with Crippen molar-refractivity contribution in [2.45, 2.75) is 64.9 Å². The summed E-state index contributed by atoms with van der Waals surface area (Å²) in [4.78, 5) is 28.7. The first-order valence-electron chi connectivity index (χ1n) is 13.7. The topological polar surface area (TPSA) is 86.8 Å². The van der Waals surface area contributed by atoms with Gasteiger partial charge in [-0.15, -0.1) is 0 Å². The van der Waals surface area contributed by atoms with E-state index in [1.165, 1.54) is 17.0 Å². The van der Waals surface area contributed by atoms with E-state index in [2.05, 4.69) is 19.2 Å². The summed E-state index contributed by atoms with van der Waals surface area (Å²) in [5.41, 5.74) is 3.31. The van der Waals surface area contributed by atoms with Crippen LogP contribution in [0.4, 0.5) is 5.69 Å². The summed E-state index contributed by atoms with van der Waals surface area (Å²) in [6, 6.07) is 22.2. The molecule has 0 fully saturated rings. The Kier molecular flexibility index (Phi) is 10.5. The zero-order chi connectivity index (χ0) is 29.4. The molecule has 0 bridgehead atoms. The second kappa shape index (κ2) is 13.6. The number of anilines is 1. The molecule has 0 aromatic heterocycles. The van der Waals surface area contributed by atoms with Gasteiger partial charge in [0, 0.05) is 13.1 Å². The van der Waals surface area contributed by atoms with Crippen LogP contribution in [0.1, 0.15) is 57.2 Å². The van der Waals surface area contributed by atoms with Gasteiger partial charge in [-0.05, 0) is 66.6 Å². The lowest BCUT2D eigenvalue weighted by Gasteiger charge is -2.32. The molecular weight excluding hydrogens is 522 g/mol. The van der Waals surface area contributed by atoms with Crippen molar-refractivity contribution < 1.29 is 18.0 Å². The van der Waals surface area contributed by atoms with Crippen LogP contribution in [0.15, 0.2) is 83.8 Å². The summed E-state index contributed by atoms with van der Waals surface area (Å²) < 4.78 is 28.9. The Morgan fingerprint density at radius 1 is 0.825 bits per heavy atom. The molecule has 0 radical (unpaired) electrons. The summed E-state index contributed by atoms with van der Waals surface area (Å²) in [5, 5.41) is 2.91. The average molecular weight is 564 g/mol. The number of aryl methyl sites for hydroxylation is 1. The van der Waals surface area contributed by atoms with E-state index in [4.69, 9.17) is 0 Å². The second-order valence-corrected chi connectivity index (χ2v) is 12.7. The predicted molar refractivity (Wildman–Crippen MR) is 161 cm³/mol. The van der Waals surface area contributed by atoms with Gasteiger partial charge in [0.05, 0.1) is 10.6 Å². The predicted octanol–water partition coefficient (Wildman–Crippen LogP) is 5.50. The van der Waals surface area contributed by atoms with Gasteiger partial charge in [0.2, 0.25) is 11.8 Å². The van der Waals surface area contributed by atoms with Crippen LogP contribution in [-0.2, 0) is 26.2 Å². The number of sulfonamides is 1. The molecular formula is C32H41N3O4S. The smallest absolute Gasteiger partial charge is 0.264 e. The van der Waals surface area contributed by atoms with Gasteiger partial charge in [0.1, 0.15) is 12.6 Å². The number of hydrogen-bond acceptors (Lipinski definition) is 4. The maximum absolute atomic E-state index is 14.0. The molecule has 2 amide bonds. The molecule has 0 unspecified atom stereocenters. The number of hydrogen-bond donors (Lipinski definition) is 1. The second-order valence-electron chi connectivity index (χ2n) is 10.8. The number of nitrogens with zero attached hydrogens (tertiary/aromatic N) is 2. The molecule has 214 valence electrons. The van der Waals surface area contributed by atoms with Crippen LogP contribution < -0.4 is 9.62 Å². The van der Waals surface area contributed by atoms with Crippen molar-refractivity contribution in [1.82, 2.24) is 10.2 Å². The van der Waals surface area contributed by atoms with Crippen molar-refractivity contribution in [3.05, 3.63) is 95.6 Å². The molecule has 1 atom stereocenters. The van der Waals surface area contributed by atoms with E-state index in [1.807, 2.05) is 57.2 Å². The molecule has 3 aromatic rings. The number of carbonyl (C=O) groups is 2. The zero-order valence-corrected chi connectivity index (χ0v) is 25.1. The highest BCUT2D eigenvalue weighted by Crippen LogP contribution is 2.26. The molecule has 0 saturated heterocycles. The maximum Gasteiger partial charge on any atom is 0.264 e. The van der Waals surface area contributed by atoms with E-state index in [9.17, 15) is 18.0 Å². The highest BCUT2D eigenvalue weighted by atomic mass is 32.2. The maximum atomic E-state index is 14.0. The molecule has 0 saturated carbocycles. The molecule has 8 heteroatoms. The van der Waals surface area contributed by atoms with E-state index in [0.29, 0.717) is 12.2 Å². The Hall–Kier alpha value is -3.65. The first kappa shape index (κ1) is 30.9. The van der Waals surface area contributed by atoms with Crippen LogP contribution in [0.5, 0.6) is 0 Å². The van der Waals surface area contributed by atoms with Crippen molar-refractivity contribution in [3.8, 4) is 0 Å². The molecule has 0 aliphatic heterocycles. The standard InChI is InChI=1S/C32H41N3O4S/c1-23(2)20-33-32(37)26(6)34(21-28-13-11-10-12-25(28)5)31(36)22-35(29-18-16-27(17-19-29)24(3)4)40(38,39)30-14-8-7-9-15-30/h7-19,23-24,26H,20-22H2,1-6H3,(H,33,37)/t26-/m1/s1.